The third kappa shape index (κ3) is 3.78. The molecule has 5 nitrogen and oxygen atoms in total. The van der Waals surface area contributed by atoms with Crippen molar-refractivity contribution in [2.45, 2.75) is 25.7 Å². The number of piperidine rings is 1. The lowest BCUT2D eigenvalue weighted by Gasteiger charge is -2.28. The zero-order valence-electron chi connectivity index (χ0n) is 15.1. The lowest BCUT2D eigenvalue weighted by molar-refractivity contribution is -0.898. The molecule has 1 aromatic heterocycles. The summed E-state index contributed by atoms with van der Waals surface area (Å²) < 4.78 is 0. The van der Waals surface area contributed by atoms with E-state index >= 15 is 0 Å². The Morgan fingerprint density at radius 1 is 1.27 bits per heavy atom. The molecular weight excluding hydrogens is 324 g/mol. The van der Waals surface area contributed by atoms with E-state index in [1.54, 1.807) is 0 Å². The summed E-state index contributed by atoms with van der Waals surface area (Å²) in [7, 11) is 0. The van der Waals surface area contributed by atoms with Crippen LogP contribution in [-0.4, -0.2) is 35.5 Å². The fourth-order valence-electron chi connectivity index (χ4n) is 3.87. The third-order valence-electron chi connectivity index (χ3n) is 5.12. The second kappa shape index (κ2) is 7.30. The van der Waals surface area contributed by atoms with Gasteiger partial charge in [0, 0.05) is 5.69 Å². The Morgan fingerprint density at radius 3 is 3.00 bits per heavy atom. The molecule has 1 unspecified atom stereocenters. The van der Waals surface area contributed by atoms with Crippen LogP contribution < -0.4 is 10.2 Å². The Labute approximate surface area is 153 Å². The van der Waals surface area contributed by atoms with Crippen LogP contribution in [0.2, 0.25) is 0 Å². The Kier molecular flexibility index (Phi) is 4.71. The number of likely N-dealkylation sites (tertiary alicyclic amines) is 1. The van der Waals surface area contributed by atoms with E-state index in [0.29, 0.717) is 12.5 Å². The quantitative estimate of drug-likeness (QED) is 0.677. The summed E-state index contributed by atoms with van der Waals surface area (Å²) in [6.45, 7) is 4.52. The largest absolute Gasteiger partial charge is 0.342 e. The van der Waals surface area contributed by atoms with Crippen molar-refractivity contribution in [1.29, 1.82) is 0 Å². The molecule has 134 valence electrons. The molecule has 1 aliphatic rings. The number of hydrogen-bond acceptors (Lipinski definition) is 2. The first-order valence-electron chi connectivity index (χ1n) is 9.32. The number of imidazole rings is 1. The monoisotopic (exact) mass is 349 g/mol. The zero-order valence-corrected chi connectivity index (χ0v) is 15.1. The lowest BCUT2D eigenvalue weighted by Crippen LogP contribution is -3.14. The zero-order chi connectivity index (χ0) is 17.9. The maximum Gasteiger partial charge on any atom is 0.279 e. The van der Waals surface area contributed by atoms with E-state index in [0.717, 1.165) is 54.0 Å². The van der Waals surface area contributed by atoms with Crippen LogP contribution in [0.5, 0.6) is 0 Å². The second-order valence-corrected chi connectivity index (χ2v) is 7.28. The molecule has 0 spiro atoms. The van der Waals surface area contributed by atoms with Crippen molar-refractivity contribution >= 4 is 22.6 Å². The van der Waals surface area contributed by atoms with Gasteiger partial charge in [0.25, 0.3) is 5.91 Å². The molecule has 3 N–H and O–H groups in total. The molecule has 5 heteroatoms. The van der Waals surface area contributed by atoms with Crippen LogP contribution in [0.1, 0.15) is 30.1 Å². The van der Waals surface area contributed by atoms with Crippen molar-refractivity contribution in [3.63, 3.8) is 0 Å². The number of carbonyl (C=O) groups excluding carboxylic acids is 1. The number of para-hydroxylation sites is 2. The number of nitrogens with one attached hydrogen (secondary N) is 3. The molecule has 0 saturated carbocycles. The number of quaternary nitrogens is 1. The summed E-state index contributed by atoms with van der Waals surface area (Å²) in [6, 6.07) is 16.1. The number of carbonyl (C=O) groups is 1. The van der Waals surface area contributed by atoms with Gasteiger partial charge < -0.3 is 15.2 Å². The first-order chi connectivity index (χ1) is 12.7. The van der Waals surface area contributed by atoms with Crippen molar-refractivity contribution in [1.82, 2.24) is 9.97 Å². The van der Waals surface area contributed by atoms with Crippen LogP contribution in [0.15, 0.2) is 48.5 Å². The number of nitrogens with zero attached hydrogens (tertiary/aromatic N) is 1. The molecule has 0 radical (unpaired) electrons. The molecule has 4 rings (SSSR count). The molecule has 1 aliphatic heterocycles. The number of aromatic nitrogens is 2. The fraction of sp³-hybridized carbons (Fsp3) is 0.333. The molecule has 2 heterocycles. The minimum absolute atomic E-state index is 0.0795. The maximum absolute atomic E-state index is 12.4. The number of fused-ring (bicyclic) bond motifs is 1. The van der Waals surface area contributed by atoms with E-state index in [4.69, 9.17) is 4.98 Å². The van der Waals surface area contributed by atoms with Gasteiger partial charge in [0.2, 0.25) is 0 Å². The van der Waals surface area contributed by atoms with Crippen molar-refractivity contribution in [3.05, 3.63) is 59.9 Å². The van der Waals surface area contributed by atoms with Gasteiger partial charge in [0.15, 0.2) is 6.54 Å². The molecule has 1 saturated heterocycles. The van der Waals surface area contributed by atoms with Gasteiger partial charge >= 0.3 is 0 Å². The van der Waals surface area contributed by atoms with Crippen LogP contribution in [0, 0.1) is 6.92 Å². The highest BCUT2D eigenvalue weighted by Crippen LogP contribution is 2.22. The number of aryl methyl sites for hydroxylation is 1. The van der Waals surface area contributed by atoms with E-state index in [1.807, 2.05) is 49.4 Å². The van der Waals surface area contributed by atoms with Gasteiger partial charge in [-0.05, 0) is 49.6 Å². The molecule has 26 heavy (non-hydrogen) atoms. The molecule has 0 bridgehead atoms. The molecule has 2 atom stereocenters. The molecule has 3 aromatic rings. The molecule has 1 fully saturated rings. The van der Waals surface area contributed by atoms with Crippen molar-refractivity contribution in [3.8, 4) is 0 Å². The van der Waals surface area contributed by atoms with Gasteiger partial charge in [-0.15, -0.1) is 0 Å². The van der Waals surface area contributed by atoms with Crippen molar-refractivity contribution in [2.75, 3.05) is 25.0 Å². The average molecular weight is 349 g/mol. The summed E-state index contributed by atoms with van der Waals surface area (Å²) >= 11 is 0. The van der Waals surface area contributed by atoms with E-state index in [1.165, 1.54) is 4.90 Å². The highest BCUT2D eigenvalue weighted by atomic mass is 16.2. The van der Waals surface area contributed by atoms with E-state index in [9.17, 15) is 4.79 Å². The van der Waals surface area contributed by atoms with Gasteiger partial charge in [0.1, 0.15) is 5.82 Å². The van der Waals surface area contributed by atoms with Gasteiger partial charge in [-0.1, -0.05) is 24.3 Å². The second-order valence-electron chi connectivity index (χ2n) is 7.28. The Bertz CT molecular complexity index is 884. The maximum atomic E-state index is 12.4. The number of aromatic amines is 1. The smallest absolute Gasteiger partial charge is 0.279 e. The Morgan fingerprint density at radius 2 is 2.15 bits per heavy atom. The minimum Gasteiger partial charge on any atom is -0.342 e. The SMILES string of the molecule is Cc1cccc(NC(=O)C[NH+]2CCC[C@@H](c3nc4ccccc4[nH]3)C2)c1. The van der Waals surface area contributed by atoms with E-state index < -0.39 is 0 Å². The molecule has 0 aliphatic carbocycles. The first-order valence-corrected chi connectivity index (χ1v) is 9.32. The summed E-state index contributed by atoms with van der Waals surface area (Å²) in [5.74, 6) is 1.52. The minimum atomic E-state index is 0.0795. The average Bonchev–Trinajstić information content (AvgIpc) is 3.06. The van der Waals surface area contributed by atoms with Crippen LogP contribution in [0.25, 0.3) is 11.0 Å². The topological polar surface area (TPSA) is 62.2 Å². The summed E-state index contributed by atoms with van der Waals surface area (Å²) in [5, 5.41) is 3.02. The van der Waals surface area contributed by atoms with Crippen LogP contribution in [-0.2, 0) is 4.79 Å². The van der Waals surface area contributed by atoms with Gasteiger partial charge in [-0.2, -0.15) is 0 Å². The predicted octanol–water partition coefficient (Wildman–Crippen LogP) is 2.27. The van der Waals surface area contributed by atoms with E-state index in [-0.39, 0.29) is 5.91 Å². The van der Waals surface area contributed by atoms with Crippen molar-refractivity contribution < 1.29 is 9.69 Å². The number of amides is 1. The van der Waals surface area contributed by atoms with Crippen LogP contribution in [0.3, 0.4) is 0 Å². The summed E-state index contributed by atoms with van der Waals surface area (Å²) in [4.78, 5) is 22.0. The van der Waals surface area contributed by atoms with E-state index in [2.05, 4.69) is 16.4 Å². The first kappa shape index (κ1) is 16.8. The molecule has 1 amide bonds. The fourth-order valence-corrected chi connectivity index (χ4v) is 3.87. The highest BCUT2D eigenvalue weighted by molar-refractivity contribution is 5.91. The number of hydrogen-bond donors (Lipinski definition) is 3. The molecule has 2 aromatic carbocycles. The number of H-pyrrole nitrogens is 1. The standard InChI is InChI=1S/C21H24N4O/c1-15-6-4-8-17(12-15)22-20(26)14-25-11-5-7-16(13-25)21-23-18-9-2-3-10-19(18)24-21/h2-4,6,8-10,12,16H,5,7,11,13-14H2,1H3,(H,22,26)(H,23,24)/p+1/t16-/m1/s1. The summed E-state index contributed by atoms with van der Waals surface area (Å²) in [6.07, 6.45) is 2.25. The van der Waals surface area contributed by atoms with Gasteiger partial charge in [-0.25, -0.2) is 4.98 Å². The Hall–Kier alpha value is -2.66. The lowest BCUT2D eigenvalue weighted by atomic mass is 9.97. The number of rotatable bonds is 4. The Balaban J connectivity index is 1.39. The number of benzene rings is 2. The molecular formula is C21H25N4O+. The predicted molar refractivity (Wildman–Crippen MR) is 103 cm³/mol. The normalized spacial score (nSPS) is 20.2. The van der Waals surface area contributed by atoms with Crippen molar-refractivity contribution in [2.24, 2.45) is 0 Å². The van der Waals surface area contributed by atoms with Crippen LogP contribution in [0.4, 0.5) is 5.69 Å². The summed E-state index contributed by atoms with van der Waals surface area (Å²) in [5.41, 5.74) is 4.14. The van der Waals surface area contributed by atoms with Crippen LogP contribution >= 0.6 is 0 Å². The highest BCUT2D eigenvalue weighted by Gasteiger charge is 2.28. The van der Waals surface area contributed by atoms with Gasteiger partial charge in [0.05, 0.1) is 30.0 Å². The third-order valence-corrected chi connectivity index (χ3v) is 5.12. The van der Waals surface area contributed by atoms with Gasteiger partial charge in [-0.3, -0.25) is 4.79 Å². The number of anilines is 1.